The summed E-state index contributed by atoms with van der Waals surface area (Å²) < 4.78 is 5.70. The van der Waals surface area contributed by atoms with Gasteiger partial charge in [-0.3, -0.25) is 19.6 Å². The van der Waals surface area contributed by atoms with Crippen LogP contribution in [0.25, 0.3) is 0 Å². The third-order valence-electron chi connectivity index (χ3n) is 6.79. The Labute approximate surface area is 206 Å². The molecule has 3 amide bonds. The smallest absolute Gasteiger partial charge is 0.333 e. The van der Waals surface area contributed by atoms with E-state index in [4.69, 9.17) is 9.94 Å². The summed E-state index contributed by atoms with van der Waals surface area (Å²) in [6.07, 6.45) is 8.45. The summed E-state index contributed by atoms with van der Waals surface area (Å²) in [4.78, 5) is 51.7. The number of nitrogens with one attached hydrogen (secondary N) is 2. The van der Waals surface area contributed by atoms with Gasteiger partial charge in [0.25, 0.3) is 0 Å². The summed E-state index contributed by atoms with van der Waals surface area (Å²) in [6, 6.07) is 7.58. The zero-order chi connectivity index (χ0) is 25.0. The van der Waals surface area contributed by atoms with Crippen molar-refractivity contribution in [2.75, 3.05) is 6.54 Å². The number of likely N-dealkylation sites (tertiary alicyclic amines) is 1. The van der Waals surface area contributed by atoms with E-state index in [-0.39, 0.29) is 24.3 Å². The maximum absolute atomic E-state index is 13.2. The lowest BCUT2D eigenvalue weighted by atomic mass is 10.1. The van der Waals surface area contributed by atoms with Crippen LogP contribution in [0.2, 0.25) is 0 Å². The standard InChI is InChI=1S/C26H37N3O6/c30-22(28-34)16-6-1-2-7-17-23(31)29-18-10-15-21(29)25(32)27-24(19-11-4-3-5-12-19)26(33)35-20-13-8-9-14-20/h3-5,11-12,20-21,24,34H,1-2,6-10,13-18H2,(H,27,32)(H,28,30)/t21?,24-/m0/s1. The van der Waals surface area contributed by atoms with Gasteiger partial charge in [-0.15, -0.1) is 0 Å². The predicted molar refractivity (Wildman–Crippen MR) is 128 cm³/mol. The lowest BCUT2D eigenvalue weighted by Gasteiger charge is -2.27. The lowest BCUT2D eigenvalue weighted by molar-refractivity contribution is -0.153. The third-order valence-corrected chi connectivity index (χ3v) is 6.79. The number of hydrogen-bond donors (Lipinski definition) is 3. The molecule has 2 atom stereocenters. The summed E-state index contributed by atoms with van der Waals surface area (Å²) in [7, 11) is 0. The minimum Gasteiger partial charge on any atom is -0.461 e. The molecule has 1 aromatic rings. The molecule has 0 radical (unpaired) electrons. The van der Waals surface area contributed by atoms with Gasteiger partial charge in [-0.05, 0) is 56.9 Å². The van der Waals surface area contributed by atoms with Crippen LogP contribution in [0.3, 0.4) is 0 Å². The second-order valence-electron chi connectivity index (χ2n) is 9.39. The molecule has 1 saturated heterocycles. The number of rotatable bonds is 12. The average molecular weight is 488 g/mol. The summed E-state index contributed by atoms with van der Waals surface area (Å²) >= 11 is 0. The van der Waals surface area contributed by atoms with Crippen molar-refractivity contribution < 1.29 is 29.1 Å². The molecular formula is C26H37N3O6. The largest absolute Gasteiger partial charge is 0.461 e. The molecular weight excluding hydrogens is 450 g/mol. The number of esters is 1. The first-order valence-electron chi connectivity index (χ1n) is 12.8. The Balaban J connectivity index is 1.53. The summed E-state index contributed by atoms with van der Waals surface area (Å²) in [6.45, 7) is 0.524. The van der Waals surface area contributed by atoms with Gasteiger partial charge >= 0.3 is 5.97 Å². The van der Waals surface area contributed by atoms with E-state index in [0.717, 1.165) is 44.9 Å². The first-order chi connectivity index (χ1) is 17.0. The molecule has 192 valence electrons. The summed E-state index contributed by atoms with van der Waals surface area (Å²) in [5, 5.41) is 11.4. The van der Waals surface area contributed by atoms with Crippen molar-refractivity contribution >= 4 is 23.7 Å². The molecule has 9 nitrogen and oxygen atoms in total. The molecule has 2 aliphatic rings. The van der Waals surface area contributed by atoms with E-state index in [1.54, 1.807) is 22.5 Å². The Kier molecular flexibility index (Phi) is 10.5. The van der Waals surface area contributed by atoms with Crippen molar-refractivity contribution in [3.8, 4) is 0 Å². The monoisotopic (exact) mass is 487 g/mol. The van der Waals surface area contributed by atoms with Gasteiger partial charge in [0.2, 0.25) is 17.7 Å². The topological polar surface area (TPSA) is 125 Å². The van der Waals surface area contributed by atoms with Gasteiger partial charge in [0.15, 0.2) is 6.04 Å². The van der Waals surface area contributed by atoms with Crippen molar-refractivity contribution in [2.24, 2.45) is 0 Å². The zero-order valence-corrected chi connectivity index (χ0v) is 20.2. The fourth-order valence-electron chi connectivity index (χ4n) is 4.85. The second-order valence-corrected chi connectivity index (χ2v) is 9.39. The number of carbonyl (C=O) groups is 4. The lowest BCUT2D eigenvalue weighted by Crippen LogP contribution is -2.48. The van der Waals surface area contributed by atoms with Crippen LogP contribution in [0.4, 0.5) is 0 Å². The number of hydrogen-bond acceptors (Lipinski definition) is 6. The molecule has 1 saturated carbocycles. The van der Waals surface area contributed by atoms with Crippen molar-refractivity contribution in [3.63, 3.8) is 0 Å². The fourth-order valence-corrected chi connectivity index (χ4v) is 4.85. The van der Waals surface area contributed by atoms with E-state index in [1.807, 2.05) is 18.2 Å². The molecule has 1 aromatic carbocycles. The number of benzene rings is 1. The minimum atomic E-state index is -0.905. The normalized spacial score (nSPS) is 18.8. The summed E-state index contributed by atoms with van der Waals surface area (Å²) in [5.74, 6) is -1.27. The van der Waals surface area contributed by atoms with Crippen LogP contribution in [0.15, 0.2) is 30.3 Å². The second kappa shape index (κ2) is 13.8. The van der Waals surface area contributed by atoms with Crippen molar-refractivity contribution in [1.29, 1.82) is 0 Å². The highest BCUT2D eigenvalue weighted by molar-refractivity contribution is 5.91. The molecule has 0 bridgehead atoms. The Bertz CT molecular complexity index is 856. The maximum atomic E-state index is 13.2. The molecule has 0 aromatic heterocycles. The first-order valence-corrected chi connectivity index (χ1v) is 12.8. The van der Waals surface area contributed by atoms with E-state index in [2.05, 4.69) is 5.32 Å². The minimum absolute atomic E-state index is 0.0689. The summed E-state index contributed by atoms with van der Waals surface area (Å²) in [5.41, 5.74) is 2.27. The van der Waals surface area contributed by atoms with Gasteiger partial charge in [0.1, 0.15) is 12.1 Å². The van der Waals surface area contributed by atoms with Gasteiger partial charge in [-0.2, -0.15) is 0 Å². The van der Waals surface area contributed by atoms with Crippen molar-refractivity contribution in [1.82, 2.24) is 15.7 Å². The van der Waals surface area contributed by atoms with Gasteiger partial charge in [0.05, 0.1) is 0 Å². The highest BCUT2D eigenvalue weighted by atomic mass is 16.5. The molecule has 9 heteroatoms. The molecule has 2 fully saturated rings. The third kappa shape index (κ3) is 8.06. The number of amides is 3. The van der Waals surface area contributed by atoms with Crippen LogP contribution in [0, 0.1) is 0 Å². The van der Waals surface area contributed by atoms with Crippen molar-refractivity contribution in [3.05, 3.63) is 35.9 Å². The number of ether oxygens (including phenoxy) is 1. The number of hydroxylamine groups is 1. The van der Waals surface area contributed by atoms with Crippen LogP contribution in [0.1, 0.15) is 88.7 Å². The van der Waals surface area contributed by atoms with E-state index in [0.29, 0.717) is 37.8 Å². The van der Waals surface area contributed by atoms with Gasteiger partial charge < -0.3 is 15.0 Å². The number of nitrogens with zero attached hydrogens (tertiary/aromatic N) is 1. The Hall–Kier alpha value is -2.94. The molecule has 1 aliphatic heterocycles. The van der Waals surface area contributed by atoms with Gasteiger partial charge in [-0.1, -0.05) is 43.2 Å². The Morgan fingerprint density at radius 3 is 2.31 bits per heavy atom. The highest BCUT2D eigenvalue weighted by Crippen LogP contribution is 2.25. The molecule has 3 rings (SSSR count). The van der Waals surface area contributed by atoms with Gasteiger partial charge in [-0.25, -0.2) is 10.3 Å². The van der Waals surface area contributed by atoms with Crippen LogP contribution >= 0.6 is 0 Å². The Morgan fingerprint density at radius 1 is 0.943 bits per heavy atom. The Morgan fingerprint density at radius 2 is 1.63 bits per heavy atom. The molecule has 1 unspecified atom stereocenters. The fraction of sp³-hybridized carbons (Fsp3) is 0.615. The van der Waals surface area contributed by atoms with Crippen LogP contribution in [-0.4, -0.2) is 52.5 Å². The average Bonchev–Trinajstić information content (AvgIpc) is 3.57. The quantitative estimate of drug-likeness (QED) is 0.180. The van der Waals surface area contributed by atoms with E-state index < -0.39 is 24.0 Å². The number of unbranched alkanes of at least 4 members (excludes halogenated alkanes) is 3. The molecule has 1 heterocycles. The maximum Gasteiger partial charge on any atom is 0.333 e. The number of carbonyl (C=O) groups excluding carboxylic acids is 4. The molecule has 35 heavy (non-hydrogen) atoms. The van der Waals surface area contributed by atoms with E-state index >= 15 is 0 Å². The van der Waals surface area contributed by atoms with Gasteiger partial charge in [0, 0.05) is 19.4 Å². The van der Waals surface area contributed by atoms with Crippen LogP contribution < -0.4 is 10.8 Å². The van der Waals surface area contributed by atoms with Crippen LogP contribution in [0.5, 0.6) is 0 Å². The zero-order valence-electron chi connectivity index (χ0n) is 20.2. The molecule has 3 N–H and O–H groups in total. The molecule has 0 spiro atoms. The highest BCUT2D eigenvalue weighted by Gasteiger charge is 2.36. The predicted octanol–water partition coefficient (Wildman–Crippen LogP) is 3.17. The van der Waals surface area contributed by atoms with Crippen molar-refractivity contribution in [2.45, 2.75) is 95.2 Å². The first kappa shape index (κ1) is 26.7. The molecule has 1 aliphatic carbocycles. The SMILES string of the molecule is O=C(CCCCCCC(=O)N1CCCC1C(=O)N[C@H](C(=O)OC1CCCC1)c1ccccc1)NO. The van der Waals surface area contributed by atoms with E-state index in [1.165, 1.54) is 0 Å². The van der Waals surface area contributed by atoms with E-state index in [9.17, 15) is 19.2 Å². The van der Waals surface area contributed by atoms with Crippen LogP contribution in [-0.2, 0) is 23.9 Å².